The van der Waals surface area contributed by atoms with Gasteiger partial charge in [-0.1, -0.05) is 30.3 Å². The molecule has 1 amide bonds. The van der Waals surface area contributed by atoms with Crippen LogP contribution >= 0.6 is 0 Å². The van der Waals surface area contributed by atoms with Crippen LogP contribution < -0.4 is 5.32 Å². The number of carbonyl (C=O) groups excluding carboxylic acids is 1. The highest BCUT2D eigenvalue weighted by atomic mass is 16.5. The Morgan fingerprint density at radius 1 is 1.14 bits per heavy atom. The molecule has 1 saturated heterocycles. The monoisotopic (exact) mass is 294 g/mol. The van der Waals surface area contributed by atoms with Crippen molar-refractivity contribution in [1.29, 1.82) is 0 Å². The van der Waals surface area contributed by atoms with Crippen molar-refractivity contribution < 1.29 is 9.53 Å². The van der Waals surface area contributed by atoms with Gasteiger partial charge >= 0.3 is 0 Å². The van der Waals surface area contributed by atoms with Crippen LogP contribution in [0, 0.1) is 0 Å². The van der Waals surface area contributed by atoms with Crippen molar-refractivity contribution in [2.45, 2.75) is 5.60 Å². The number of morpholine rings is 1. The van der Waals surface area contributed by atoms with Crippen LogP contribution in [-0.4, -0.2) is 34.0 Å². The second-order valence-corrected chi connectivity index (χ2v) is 5.12. The molecule has 0 spiro atoms. The molecule has 1 unspecified atom stereocenters. The normalized spacial score (nSPS) is 21.7. The summed E-state index contributed by atoms with van der Waals surface area (Å²) in [5, 5.41) is 2.88. The third kappa shape index (κ3) is 1.81. The number of aromatic nitrogens is 3. The number of pyridine rings is 1. The fourth-order valence-electron chi connectivity index (χ4n) is 2.80. The maximum absolute atomic E-state index is 12.7. The summed E-state index contributed by atoms with van der Waals surface area (Å²) in [6, 6.07) is 13.1. The minimum Gasteiger partial charge on any atom is -0.353 e. The van der Waals surface area contributed by atoms with Gasteiger partial charge in [0, 0.05) is 6.54 Å². The molecule has 2 N–H and O–H groups in total. The first-order valence-electron chi connectivity index (χ1n) is 7.09. The molecule has 6 nitrogen and oxygen atoms in total. The molecule has 1 fully saturated rings. The number of nitrogens with one attached hydrogen (secondary N) is 2. The number of hydrogen-bond acceptors (Lipinski definition) is 4. The van der Waals surface area contributed by atoms with E-state index in [1.807, 2.05) is 36.4 Å². The Kier molecular flexibility index (Phi) is 2.90. The van der Waals surface area contributed by atoms with E-state index in [9.17, 15) is 4.79 Å². The summed E-state index contributed by atoms with van der Waals surface area (Å²) < 4.78 is 5.96. The zero-order chi connectivity index (χ0) is 15.0. The molecule has 6 heteroatoms. The second-order valence-electron chi connectivity index (χ2n) is 5.12. The quantitative estimate of drug-likeness (QED) is 0.747. The van der Waals surface area contributed by atoms with Gasteiger partial charge in [-0.15, -0.1) is 0 Å². The molecule has 3 aromatic rings. The van der Waals surface area contributed by atoms with Crippen LogP contribution in [-0.2, 0) is 15.1 Å². The summed E-state index contributed by atoms with van der Waals surface area (Å²) in [5.41, 5.74) is 1.45. The van der Waals surface area contributed by atoms with E-state index in [0.717, 1.165) is 11.1 Å². The number of H-pyrrole nitrogens is 1. The first-order chi connectivity index (χ1) is 10.8. The predicted molar refractivity (Wildman–Crippen MR) is 80.1 cm³/mol. The van der Waals surface area contributed by atoms with Gasteiger partial charge in [-0.2, -0.15) is 0 Å². The van der Waals surface area contributed by atoms with Gasteiger partial charge in [-0.3, -0.25) is 4.79 Å². The highest BCUT2D eigenvalue weighted by molar-refractivity contribution is 5.91. The third-order valence-corrected chi connectivity index (χ3v) is 3.85. The number of fused-ring (bicyclic) bond motifs is 1. The molecule has 1 aliphatic rings. The van der Waals surface area contributed by atoms with Gasteiger partial charge in [0.05, 0.1) is 24.1 Å². The summed E-state index contributed by atoms with van der Waals surface area (Å²) >= 11 is 0. The number of amides is 1. The van der Waals surface area contributed by atoms with Gasteiger partial charge < -0.3 is 15.0 Å². The molecule has 0 radical (unpaired) electrons. The van der Waals surface area contributed by atoms with E-state index in [0.29, 0.717) is 24.5 Å². The minimum absolute atomic E-state index is 0.202. The summed E-state index contributed by atoms with van der Waals surface area (Å²) in [7, 11) is 0. The van der Waals surface area contributed by atoms with E-state index >= 15 is 0 Å². The van der Waals surface area contributed by atoms with E-state index < -0.39 is 5.60 Å². The van der Waals surface area contributed by atoms with E-state index in [1.54, 1.807) is 12.4 Å². The Morgan fingerprint density at radius 3 is 2.82 bits per heavy atom. The average Bonchev–Trinajstić information content (AvgIpc) is 3.04. The Morgan fingerprint density at radius 2 is 2.00 bits per heavy atom. The third-order valence-electron chi connectivity index (χ3n) is 3.85. The number of ether oxygens (including phenoxy) is 1. The van der Waals surface area contributed by atoms with Crippen LogP contribution in [0.1, 0.15) is 11.3 Å². The fourth-order valence-corrected chi connectivity index (χ4v) is 2.80. The van der Waals surface area contributed by atoms with Crippen molar-refractivity contribution in [3.8, 4) is 0 Å². The lowest BCUT2D eigenvalue weighted by Crippen LogP contribution is -2.53. The van der Waals surface area contributed by atoms with Gasteiger partial charge in [0.2, 0.25) is 5.60 Å². The summed E-state index contributed by atoms with van der Waals surface area (Å²) in [6.07, 6.45) is 1.58. The van der Waals surface area contributed by atoms with Crippen LogP contribution in [0.2, 0.25) is 0 Å². The van der Waals surface area contributed by atoms with Crippen LogP contribution in [0.5, 0.6) is 0 Å². The molecule has 3 heterocycles. The molecule has 0 bridgehead atoms. The summed E-state index contributed by atoms with van der Waals surface area (Å²) in [5.74, 6) is -0.202. The maximum atomic E-state index is 12.7. The first-order valence-corrected chi connectivity index (χ1v) is 7.09. The van der Waals surface area contributed by atoms with Crippen molar-refractivity contribution in [2.75, 3.05) is 13.2 Å². The molecule has 0 aliphatic carbocycles. The van der Waals surface area contributed by atoms with E-state index in [2.05, 4.69) is 20.3 Å². The number of rotatable bonds is 2. The lowest BCUT2D eigenvalue weighted by Gasteiger charge is -2.35. The molecular formula is C16H14N4O2. The predicted octanol–water partition coefficient (Wildman–Crippen LogP) is 1.35. The number of hydrogen-bond donors (Lipinski definition) is 2. The van der Waals surface area contributed by atoms with Crippen molar-refractivity contribution in [3.63, 3.8) is 0 Å². The molecule has 2 aromatic heterocycles. The standard InChI is InChI=1S/C16H14N4O2/c21-15-16(22-9-8-17-15,11-4-2-1-3-5-11)13-7-6-12-14(20-13)19-10-18-12/h1-7,10H,8-9H2,(H,17,21)(H,18,19,20). The first kappa shape index (κ1) is 13.0. The highest BCUT2D eigenvalue weighted by Crippen LogP contribution is 2.35. The van der Waals surface area contributed by atoms with E-state index in [-0.39, 0.29) is 5.91 Å². The van der Waals surface area contributed by atoms with Crippen molar-refractivity contribution in [3.05, 3.63) is 60.0 Å². The molecule has 22 heavy (non-hydrogen) atoms. The van der Waals surface area contributed by atoms with Gasteiger partial charge in [0.25, 0.3) is 5.91 Å². The number of aromatic amines is 1. The van der Waals surface area contributed by atoms with E-state index in [4.69, 9.17) is 4.74 Å². The van der Waals surface area contributed by atoms with Crippen LogP contribution in [0.25, 0.3) is 11.2 Å². The molecular weight excluding hydrogens is 280 g/mol. The summed E-state index contributed by atoms with van der Waals surface area (Å²) in [6.45, 7) is 0.930. The molecule has 110 valence electrons. The lowest BCUT2D eigenvalue weighted by molar-refractivity contribution is -0.150. The lowest BCUT2D eigenvalue weighted by atomic mass is 9.87. The van der Waals surface area contributed by atoms with Gasteiger partial charge in [0.15, 0.2) is 5.65 Å². The maximum Gasteiger partial charge on any atom is 0.263 e. The highest BCUT2D eigenvalue weighted by Gasteiger charge is 2.46. The van der Waals surface area contributed by atoms with Crippen molar-refractivity contribution in [2.24, 2.45) is 0 Å². The number of imidazole rings is 1. The molecule has 0 saturated carbocycles. The van der Waals surface area contributed by atoms with Crippen molar-refractivity contribution in [1.82, 2.24) is 20.3 Å². The molecule has 4 rings (SSSR count). The van der Waals surface area contributed by atoms with E-state index in [1.165, 1.54) is 0 Å². The number of carbonyl (C=O) groups is 1. The Bertz CT molecular complexity index is 830. The van der Waals surface area contributed by atoms with Crippen molar-refractivity contribution >= 4 is 17.1 Å². The minimum atomic E-state index is -1.23. The zero-order valence-corrected chi connectivity index (χ0v) is 11.7. The smallest absolute Gasteiger partial charge is 0.263 e. The molecule has 1 aliphatic heterocycles. The largest absolute Gasteiger partial charge is 0.353 e. The second kappa shape index (κ2) is 4.92. The Hall–Kier alpha value is -2.73. The molecule has 1 atom stereocenters. The SMILES string of the molecule is O=C1NCCOC1(c1ccccc1)c1ccc2[nH]cnc2n1. The summed E-state index contributed by atoms with van der Waals surface area (Å²) in [4.78, 5) is 24.4. The zero-order valence-electron chi connectivity index (χ0n) is 11.7. The van der Waals surface area contributed by atoms with Crippen LogP contribution in [0.3, 0.4) is 0 Å². The van der Waals surface area contributed by atoms with Gasteiger partial charge in [0.1, 0.15) is 0 Å². The molecule has 1 aromatic carbocycles. The van der Waals surface area contributed by atoms with Crippen LogP contribution in [0.15, 0.2) is 48.8 Å². The topological polar surface area (TPSA) is 79.9 Å². The Labute approximate surface area is 126 Å². The average molecular weight is 294 g/mol. The Balaban J connectivity index is 1.95. The number of nitrogens with zero attached hydrogens (tertiary/aromatic N) is 2. The fraction of sp³-hybridized carbons (Fsp3) is 0.188. The van der Waals surface area contributed by atoms with Crippen LogP contribution in [0.4, 0.5) is 0 Å². The number of benzene rings is 1. The van der Waals surface area contributed by atoms with Gasteiger partial charge in [-0.25, -0.2) is 9.97 Å². The van der Waals surface area contributed by atoms with Gasteiger partial charge in [-0.05, 0) is 17.7 Å².